The van der Waals surface area contributed by atoms with Crippen LogP contribution in [0, 0.1) is 12.7 Å². The zero-order valence-electron chi connectivity index (χ0n) is 10.7. The summed E-state index contributed by atoms with van der Waals surface area (Å²) in [5.74, 6) is -0.587. The molecule has 0 aliphatic rings. The van der Waals surface area contributed by atoms with Gasteiger partial charge in [-0.25, -0.2) is 4.39 Å². The highest BCUT2D eigenvalue weighted by molar-refractivity contribution is 5.79. The number of ether oxygens (including phenoxy) is 1. The first-order valence-electron chi connectivity index (χ1n) is 5.96. The van der Waals surface area contributed by atoms with E-state index < -0.39 is 11.9 Å². The number of amides is 1. The molecule has 1 aromatic carbocycles. The molecule has 0 aromatic heterocycles. The first kappa shape index (κ1) is 14.4. The zero-order chi connectivity index (χ0) is 13.5. The van der Waals surface area contributed by atoms with E-state index in [4.69, 9.17) is 10.5 Å². The summed E-state index contributed by atoms with van der Waals surface area (Å²) in [4.78, 5) is 11.1. The van der Waals surface area contributed by atoms with Gasteiger partial charge < -0.3 is 15.8 Å². The molecule has 1 rings (SSSR count). The number of likely N-dealkylation sites (N-methyl/N-ethyl adjacent to an activating group) is 1. The van der Waals surface area contributed by atoms with Gasteiger partial charge in [-0.3, -0.25) is 4.79 Å². The van der Waals surface area contributed by atoms with Gasteiger partial charge in [-0.2, -0.15) is 0 Å². The van der Waals surface area contributed by atoms with E-state index in [1.807, 2.05) is 6.92 Å². The van der Waals surface area contributed by atoms with Crippen LogP contribution in [0.4, 0.5) is 4.39 Å². The van der Waals surface area contributed by atoms with Gasteiger partial charge in [0, 0.05) is 6.42 Å². The summed E-state index contributed by atoms with van der Waals surface area (Å²) in [7, 11) is 0. The smallest absolute Gasteiger partial charge is 0.234 e. The lowest BCUT2D eigenvalue weighted by Gasteiger charge is -2.15. The summed E-state index contributed by atoms with van der Waals surface area (Å²) in [5, 5.41) is 2.95. The quantitative estimate of drug-likeness (QED) is 0.772. The van der Waals surface area contributed by atoms with Gasteiger partial charge in [0.2, 0.25) is 5.91 Å². The fourth-order valence-corrected chi connectivity index (χ4v) is 1.61. The molecule has 0 heterocycles. The van der Waals surface area contributed by atoms with Crippen molar-refractivity contribution in [2.45, 2.75) is 26.3 Å². The maximum atomic E-state index is 13.6. The molecule has 0 aliphatic carbocycles. The SMILES string of the molecule is CCNC(CCOc1cccc(C)c1F)C(N)=O. The summed E-state index contributed by atoms with van der Waals surface area (Å²) < 4.78 is 18.9. The Labute approximate surface area is 106 Å². The van der Waals surface area contributed by atoms with E-state index in [-0.39, 0.29) is 18.2 Å². The van der Waals surface area contributed by atoms with Crippen molar-refractivity contribution in [1.29, 1.82) is 0 Å². The zero-order valence-corrected chi connectivity index (χ0v) is 10.7. The molecule has 0 spiro atoms. The Bertz CT molecular complexity index is 410. The Morgan fingerprint density at radius 3 is 2.89 bits per heavy atom. The van der Waals surface area contributed by atoms with Gasteiger partial charge in [-0.1, -0.05) is 19.1 Å². The van der Waals surface area contributed by atoms with Crippen molar-refractivity contribution in [1.82, 2.24) is 5.32 Å². The number of carbonyl (C=O) groups is 1. The van der Waals surface area contributed by atoms with Crippen molar-refractivity contribution in [3.63, 3.8) is 0 Å². The van der Waals surface area contributed by atoms with Crippen molar-refractivity contribution in [3.05, 3.63) is 29.6 Å². The molecular formula is C13H19FN2O2. The van der Waals surface area contributed by atoms with Crippen LogP contribution in [-0.2, 0) is 4.79 Å². The van der Waals surface area contributed by atoms with Crippen molar-refractivity contribution >= 4 is 5.91 Å². The van der Waals surface area contributed by atoms with E-state index in [2.05, 4.69) is 5.32 Å². The van der Waals surface area contributed by atoms with E-state index in [0.29, 0.717) is 18.5 Å². The number of carbonyl (C=O) groups excluding carboxylic acids is 1. The van der Waals surface area contributed by atoms with Crippen LogP contribution in [0.2, 0.25) is 0 Å². The number of hydrogen-bond acceptors (Lipinski definition) is 3. The Balaban J connectivity index is 2.50. The highest BCUT2D eigenvalue weighted by atomic mass is 19.1. The van der Waals surface area contributed by atoms with Crippen LogP contribution in [0.15, 0.2) is 18.2 Å². The molecule has 0 saturated carbocycles. The molecule has 1 amide bonds. The predicted molar refractivity (Wildman–Crippen MR) is 67.9 cm³/mol. The number of hydrogen-bond donors (Lipinski definition) is 2. The van der Waals surface area contributed by atoms with Crippen LogP contribution in [0.1, 0.15) is 18.9 Å². The molecule has 0 aliphatic heterocycles. The van der Waals surface area contributed by atoms with Crippen molar-refractivity contribution in [3.8, 4) is 5.75 Å². The predicted octanol–water partition coefficient (Wildman–Crippen LogP) is 1.37. The minimum Gasteiger partial charge on any atom is -0.490 e. The molecule has 1 unspecified atom stereocenters. The molecule has 0 fully saturated rings. The van der Waals surface area contributed by atoms with Crippen LogP contribution >= 0.6 is 0 Å². The van der Waals surface area contributed by atoms with E-state index >= 15 is 0 Å². The largest absolute Gasteiger partial charge is 0.490 e. The molecule has 3 N–H and O–H groups in total. The monoisotopic (exact) mass is 254 g/mol. The third-order valence-electron chi connectivity index (χ3n) is 2.61. The van der Waals surface area contributed by atoms with Gasteiger partial charge in [0.1, 0.15) is 0 Å². The molecule has 18 heavy (non-hydrogen) atoms. The second kappa shape index (κ2) is 6.96. The standard InChI is InChI=1S/C13H19FN2O2/c1-3-16-10(13(15)17)7-8-18-11-6-4-5-9(2)12(11)14/h4-6,10,16H,3,7-8H2,1-2H3,(H2,15,17). The lowest BCUT2D eigenvalue weighted by molar-refractivity contribution is -0.120. The number of primary amides is 1. The maximum Gasteiger partial charge on any atom is 0.234 e. The maximum absolute atomic E-state index is 13.6. The summed E-state index contributed by atoms with van der Waals surface area (Å²) in [5.41, 5.74) is 5.76. The normalized spacial score (nSPS) is 12.2. The molecule has 0 bridgehead atoms. The molecule has 0 radical (unpaired) electrons. The fraction of sp³-hybridized carbons (Fsp3) is 0.462. The summed E-state index contributed by atoms with van der Waals surface area (Å²) >= 11 is 0. The Hall–Kier alpha value is -1.62. The van der Waals surface area contributed by atoms with Gasteiger partial charge in [-0.15, -0.1) is 0 Å². The number of nitrogens with two attached hydrogens (primary N) is 1. The van der Waals surface area contributed by atoms with Crippen LogP contribution in [-0.4, -0.2) is 25.1 Å². The summed E-state index contributed by atoms with van der Waals surface area (Å²) in [6.07, 6.45) is 0.413. The Kier molecular flexibility index (Phi) is 5.58. The molecule has 1 aromatic rings. The third kappa shape index (κ3) is 4.00. The molecular weight excluding hydrogens is 235 g/mol. The minimum absolute atomic E-state index is 0.203. The minimum atomic E-state index is -0.442. The summed E-state index contributed by atoms with van der Waals surface area (Å²) in [6.45, 7) is 4.44. The van der Waals surface area contributed by atoms with Crippen molar-refractivity contribution in [2.75, 3.05) is 13.2 Å². The van der Waals surface area contributed by atoms with Gasteiger partial charge in [-0.05, 0) is 25.1 Å². The molecule has 1 atom stereocenters. The number of benzene rings is 1. The highest BCUT2D eigenvalue weighted by Gasteiger charge is 2.14. The van der Waals surface area contributed by atoms with Gasteiger partial charge in [0.05, 0.1) is 12.6 Å². The van der Waals surface area contributed by atoms with Gasteiger partial charge in [0.15, 0.2) is 11.6 Å². The fourth-order valence-electron chi connectivity index (χ4n) is 1.61. The van der Waals surface area contributed by atoms with Crippen molar-refractivity contribution < 1.29 is 13.9 Å². The Morgan fingerprint density at radius 2 is 2.28 bits per heavy atom. The second-order valence-corrected chi connectivity index (χ2v) is 4.04. The molecule has 5 heteroatoms. The molecule has 100 valence electrons. The van der Waals surface area contributed by atoms with E-state index in [1.165, 1.54) is 0 Å². The third-order valence-corrected chi connectivity index (χ3v) is 2.61. The van der Waals surface area contributed by atoms with E-state index in [1.54, 1.807) is 25.1 Å². The number of rotatable bonds is 7. The van der Waals surface area contributed by atoms with Crippen LogP contribution < -0.4 is 15.8 Å². The topological polar surface area (TPSA) is 64.3 Å². The van der Waals surface area contributed by atoms with Crippen molar-refractivity contribution in [2.24, 2.45) is 5.73 Å². The number of aryl methyl sites for hydroxylation is 1. The van der Waals surface area contributed by atoms with E-state index in [0.717, 1.165) is 0 Å². The van der Waals surface area contributed by atoms with Crippen LogP contribution in [0.5, 0.6) is 5.75 Å². The lowest BCUT2D eigenvalue weighted by atomic mass is 10.2. The van der Waals surface area contributed by atoms with Crippen LogP contribution in [0.3, 0.4) is 0 Å². The average Bonchev–Trinajstić information content (AvgIpc) is 2.33. The molecule has 4 nitrogen and oxygen atoms in total. The first-order valence-corrected chi connectivity index (χ1v) is 5.96. The summed E-state index contributed by atoms with van der Waals surface area (Å²) in [6, 6.07) is 4.52. The number of halogens is 1. The average molecular weight is 254 g/mol. The Morgan fingerprint density at radius 1 is 1.56 bits per heavy atom. The van der Waals surface area contributed by atoms with Gasteiger partial charge in [0.25, 0.3) is 0 Å². The second-order valence-electron chi connectivity index (χ2n) is 4.04. The molecule has 0 saturated heterocycles. The van der Waals surface area contributed by atoms with Gasteiger partial charge >= 0.3 is 0 Å². The van der Waals surface area contributed by atoms with Crippen LogP contribution in [0.25, 0.3) is 0 Å². The van der Waals surface area contributed by atoms with E-state index in [9.17, 15) is 9.18 Å². The first-order chi connectivity index (χ1) is 8.56. The lowest BCUT2D eigenvalue weighted by Crippen LogP contribution is -2.42. The number of nitrogens with one attached hydrogen (secondary N) is 1. The highest BCUT2D eigenvalue weighted by Crippen LogP contribution is 2.19.